The summed E-state index contributed by atoms with van der Waals surface area (Å²) in [6.45, 7) is 7.93. The minimum absolute atomic E-state index is 0.0116. The molecule has 3 N–H and O–H groups in total. The second-order valence-electron chi connectivity index (χ2n) is 7.12. The number of aryl methyl sites for hydroxylation is 1. The molecule has 0 spiro atoms. The highest BCUT2D eigenvalue weighted by Gasteiger charge is 2.34. The van der Waals surface area contributed by atoms with Gasteiger partial charge in [0.25, 0.3) is 0 Å². The number of rotatable bonds is 5. The van der Waals surface area contributed by atoms with E-state index in [-0.39, 0.29) is 23.7 Å². The molecular weight excluding hydrogens is 294 g/mol. The van der Waals surface area contributed by atoms with Crippen molar-refractivity contribution in [1.29, 1.82) is 0 Å². The van der Waals surface area contributed by atoms with Crippen LogP contribution in [-0.4, -0.2) is 47.8 Å². The molecule has 7 heteroatoms. The molecule has 2 atom stereocenters. The van der Waals surface area contributed by atoms with E-state index in [0.29, 0.717) is 19.6 Å². The largest absolute Gasteiger partial charge is 0.354 e. The molecule has 2 rings (SSSR count). The Hall–Kier alpha value is -1.89. The lowest BCUT2D eigenvalue weighted by atomic mass is 9.90. The minimum Gasteiger partial charge on any atom is -0.354 e. The fourth-order valence-electron chi connectivity index (χ4n) is 2.69. The summed E-state index contributed by atoms with van der Waals surface area (Å²) >= 11 is 0. The summed E-state index contributed by atoms with van der Waals surface area (Å²) in [5, 5.41) is 13.2. The second kappa shape index (κ2) is 7.12. The molecule has 1 saturated heterocycles. The predicted octanol–water partition coefficient (Wildman–Crippen LogP) is 0.00160. The highest BCUT2D eigenvalue weighted by Crippen LogP contribution is 2.27. The van der Waals surface area contributed by atoms with Gasteiger partial charge in [0.05, 0.1) is 12.1 Å². The Bertz CT molecular complexity index is 561. The van der Waals surface area contributed by atoms with Gasteiger partial charge in [0.1, 0.15) is 0 Å². The number of hydrogen-bond donors (Lipinski definition) is 3. The summed E-state index contributed by atoms with van der Waals surface area (Å²) in [4.78, 5) is 24.1. The molecule has 1 fully saturated rings. The van der Waals surface area contributed by atoms with Crippen molar-refractivity contribution >= 4 is 11.8 Å². The van der Waals surface area contributed by atoms with Crippen molar-refractivity contribution in [2.75, 3.05) is 26.2 Å². The van der Waals surface area contributed by atoms with Crippen LogP contribution in [-0.2, 0) is 16.6 Å². The number of nitrogens with one attached hydrogen (secondary N) is 3. The first kappa shape index (κ1) is 17.5. The Morgan fingerprint density at radius 2 is 2.00 bits per heavy atom. The van der Waals surface area contributed by atoms with E-state index in [0.717, 1.165) is 12.1 Å². The Morgan fingerprint density at radius 3 is 2.61 bits per heavy atom. The Morgan fingerprint density at radius 1 is 1.30 bits per heavy atom. The predicted molar refractivity (Wildman–Crippen MR) is 87.8 cm³/mol. The molecule has 0 saturated carbocycles. The van der Waals surface area contributed by atoms with E-state index in [1.54, 1.807) is 4.68 Å². The van der Waals surface area contributed by atoms with Crippen molar-refractivity contribution in [3.8, 4) is 0 Å². The fraction of sp³-hybridized carbons (Fsp3) is 0.688. The van der Waals surface area contributed by atoms with E-state index in [1.165, 1.54) is 0 Å². The van der Waals surface area contributed by atoms with Crippen molar-refractivity contribution in [1.82, 2.24) is 25.7 Å². The topological polar surface area (TPSA) is 88.0 Å². The maximum absolute atomic E-state index is 12.4. The second-order valence-corrected chi connectivity index (χ2v) is 7.12. The molecule has 2 amide bonds. The van der Waals surface area contributed by atoms with Crippen LogP contribution in [0, 0.1) is 11.3 Å². The van der Waals surface area contributed by atoms with Crippen molar-refractivity contribution in [2.24, 2.45) is 18.4 Å². The number of amides is 2. The maximum Gasteiger partial charge on any atom is 0.225 e. The number of aromatic nitrogens is 2. The third-order valence-electron chi connectivity index (χ3n) is 4.09. The molecule has 128 valence electrons. The van der Waals surface area contributed by atoms with Crippen molar-refractivity contribution < 1.29 is 9.59 Å². The van der Waals surface area contributed by atoms with E-state index in [9.17, 15) is 9.59 Å². The van der Waals surface area contributed by atoms with Gasteiger partial charge in [0.2, 0.25) is 11.8 Å². The van der Waals surface area contributed by atoms with Gasteiger partial charge in [-0.05, 0) is 5.56 Å². The van der Waals surface area contributed by atoms with Gasteiger partial charge in [-0.25, -0.2) is 0 Å². The van der Waals surface area contributed by atoms with Crippen LogP contribution >= 0.6 is 0 Å². The summed E-state index contributed by atoms with van der Waals surface area (Å²) in [5.74, 6) is 0.0572. The normalized spacial score (nSPS) is 21.2. The van der Waals surface area contributed by atoms with Crippen LogP contribution in [0.25, 0.3) is 0 Å². The van der Waals surface area contributed by atoms with Gasteiger partial charge in [0, 0.05) is 50.8 Å². The molecule has 7 nitrogen and oxygen atoms in total. The summed E-state index contributed by atoms with van der Waals surface area (Å²) in [7, 11) is 1.87. The highest BCUT2D eigenvalue weighted by atomic mass is 16.2. The number of hydrogen-bond acceptors (Lipinski definition) is 4. The smallest absolute Gasteiger partial charge is 0.225 e. The highest BCUT2D eigenvalue weighted by molar-refractivity contribution is 5.82. The van der Waals surface area contributed by atoms with Crippen LogP contribution < -0.4 is 16.0 Å². The van der Waals surface area contributed by atoms with Crippen LogP contribution in [0.1, 0.15) is 32.3 Å². The summed E-state index contributed by atoms with van der Waals surface area (Å²) in [6, 6.07) is 0. The van der Waals surface area contributed by atoms with E-state index in [1.807, 2.05) is 40.2 Å². The molecule has 0 unspecified atom stereocenters. The third-order valence-corrected chi connectivity index (χ3v) is 4.09. The van der Waals surface area contributed by atoms with Gasteiger partial charge in [-0.15, -0.1) is 0 Å². The van der Waals surface area contributed by atoms with Crippen molar-refractivity contribution in [3.63, 3.8) is 0 Å². The van der Waals surface area contributed by atoms with Crippen LogP contribution in [0.5, 0.6) is 0 Å². The third kappa shape index (κ3) is 4.54. The Balaban J connectivity index is 1.80. The van der Waals surface area contributed by atoms with Crippen molar-refractivity contribution in [3.05, 3.63) is 18.0 Å². The molecule has 0 aliphatic carbocycles. The van der Waals surface area contributed by atoms with Crippen LogP contribution in [0.2, 0.25) is 0 Å². The Labute approximate surface area is 137 Å². The zero-order valence-electron chi connectivity index (χ0n) is 14.3. The zero-order valence-corrected chi connectivity index (χ0v) is 14.3. The lowest BCUT2D eigenvalue weighted by molar-refractivity contribution is -0.129. The first-order valence-electron chi connectivity index (χ1n) is 8.04. The average molecular weight is 321 g/mol. The van der Waals surface area contributed by atoms with Gasteiger partial charge in [0.15, 0.2) is 0 Å². The van der Waals surface area contributed by atoms with Crippen LogP contribution in [0.15, 0.2) is 12.4 Å². The van der Waals surface area contributed by atoms with E-state index in [2.05, 4.69) is 21.0 Å². The molecule has 1 aromatic rings. The van der Waals surface area contributed by atoms with Crippen molar-refractivity contribution in [2.45, 2.75) is 26.7 Å². The molecule has 23 heavy (non-hydrogen) atoms. The molecule has 1 aliphatic heterocycles. The molecule has 1 aliphatic rings. The number of nitrogens with zero attached hydrogens (tertiary/aromatic N) is 2. The summed E-state index contributed by atoms with van der Waals surface area (Å²) in [5.41, 5.74) is 0.670. The van der Waals surface area contributed by atoms with Gasteiger partial charge in [-0.1, -0.05) is 20.8 Å². The van der Waals surface area contributed by atoms with Crippen LogP contribution in [0.3, 0.4) is 0 Å². The molecule has 0 aromatic carbocycles. The SMILES string of the molecule is Cn1cc([C@H]2CNC[C@@H]2C(=O)NCCNC(=O)C(C)(C)C)cn1. The lowest BCUT2D eigenvalue weighted by Gasteiger charge is -2.19. The molecular formula is C16H27N5O2. The zero-order chi connectivity index (χ0) is 17.0. The molecule has 0 radical (unpaired) electrons. The first-order chi connectivity index (χ1) is 10.8. The molecule has 2 heterocycles. The number of carbonyl (C=O) groups excluding carboxylic acids is 2. The van der Waals surface area contributed by atoms with Gasteiger partial charge in [-0.3, -0.25) is 14.3 Å². The quantitative estimate of drug-likeness (QED) is 0.666. The maximum atomic E-state index is 12.4. The minimum atomic E-state index is -0.412. The fourth-order valence-corrected chi connectivity index (χ4v) is 2.69. The van der Waals surface area contributed by atoms with E-state index >= 15 is 0 Å². The standard InChI is InChI=1S/C16H27N5O2/c1-16(2,3)15(23)19-6-5-18-14(22)13-9-17-8-12(13)11-7-20-21(4)10-11/h7,10,12-13,17H,5-6,8-9H2,1-4H3,(H,18,22)(H,19,23)/t12-,13+/m1/s1. The molecule has 1 aromatic heterocycles. The van der Waals surface area contributed by atoms with E-state index < -0.39 is 5.41 Å². The summed E-state index contributed by atoms with van der Waals surface area (Å²) in [6.07, 6.45) is 3.78. The Kier molecular flexibility index (Phi) is 5.41. The van der Waals surface area contributed by atoms with E-state index in [4.69, 9.17) is 0 Å². The monoisotopic (exact) mass is 321 g/mol. The molecule has 0 bridgehead atoms. The lowest BCUT2D eigenvalue weighted by Crippen LogP contribution is -2.42. The average Bonchev–Trinajstić information content (AvgIpc) is 3.10. The number of carbonyl (C=O) groups is 2. The van der Waals surface area contributed by atoms with Crippen LogP contribution in [0.4, 0.5) is 0 Å². The van der Waals surface area contributed by atoms with Gasteiger partial charge in [-0.2, -0.15) is 5.10 Å². The summed E-state index contributed by atoms with van der Waals surface area (Å²) < 4.78 is 1.75. The van der Waals surface area contributed by atoms with Gasteiger partial charge >= 0.3 is 0 Å². The van der Waals surface area contributed by atoms with Gasteiger partial charge < -0.3 is 16.0 Å². The first-order valence-corrected chi connectivity index (χ1v) is 8.04.